The molecule has 0 aromatic heterocycles. The summed E-state index contributed by atoms with van der Waals surface area (Å²) in [6.45, 7) is 0.773. The van der Waals surface area contributed by atoms with Gasteiger partial charge in [0.05, 0.1) is 0 Å². The quantitative estimate of drug-likeness (QED) is 0.418. The van der Waals surface area contributed by atoms with Crippen molar-refractivity contribution in [2.24, 2.45) is 5.73 Å². The molecule has 0 saturated carbocycles. The zero-order chi connectivity index (χ0) is 13.8. The van der Waals surface area contributed by atoms with Gasteiger partial charge in [0.2, 0.25) is 5.91 Å². The second-order valence-corrected chi connectivity index (χ2v) is 3.96. The second kappa shape index (κ2) is 10.4. The van der Waals surface area contributed by atoms with Gasteiger partial charge in [-0.1, -0.05) is 12.8 Å². The molecule has 0 bridgehead atoms. The van der Waals surface area contributed by atoms with Crippen LogP contribution in [0.5, 0.6) is 0 Å². The maximum Gasteiger partial charge on any atom is 0.314 e. The van der Waals surface area contributed by atoms with Gasteiger partial charge in [-0.25, -0.2) is 4.79 Å². The molecule has 0 aromatic rings. The van der Waals surface area contributed by atoms with Crippen molar-refractivity contribution in [1.29, 1.82) is 0 Å². The molecule has 0 fully saturated rings. The Labute approximate surface area is 106 Å². The molecule has 0 radical (unpaired) electrons. The second-order valence-electron chi connectivity index (χ2n) is 3.96. The van der Waals surface area contributed by atoms with Crippen LogP contribution in [0, 0.1) is 0 Å². The van der Waals surface area contributed by atoms with E-state index in [4.69, 9.17) is 10.8 Å². The predicted octanol–water partition coefficient (Wildman–Crippen LogP) is 0.196. The van der Waals surface area contributed by atoms with E-state index in [1.807, 2.05) is 0 Å². The van der Waals surface area contributed by atoms with Crippen LogP contribution in [0.4, 0.5) is 4.79 Å². The van der Waals surface area contributed by atoms with Crippen molar-refractivity contribution >= 4 is 17.9 Å². The molecule has 0 spiro atoms. The summed E-state index contributed by atoms with van der Waals surface area (Å²) in [5.74, 6) is -1.23. The number of rotatable bonds is 10. The fraction of sp³-hybridized carbons (Fsp3) is 0.727. The number of nitrogens with two attached hydrogens (primary N) is 1. The predicted molar refractivity (Wildman–Crippen MR) is 65.9 cm³/mol. The maximum atomic E-state index is 11.2. The van der Waals surface area contributed by atoms with E-state index in [-0.39, 0.29) is 25.4 Å². The van der Waals surface area contributed by atoms with Crippen LogP contribution >= 0.6 is 0 Å². The Bertz CT molecular complexity index is 281. The van der Waals surface area contributed by atoms with Crippen LogP contribution in [0.25, 0.3) is 0 Å². The van der Waals surface area contributed by atoms with Crippen LogP contribution in [0.1, 0.15) is 38.5 Å². The first-order valence-corrected chi connectivity index (χ1v) is 6.04. The van der Waals surface area contributed by atoms with Gasteiger partial charge in [-0.15, -0.1) is 0 Å². The minimum atomic E-state index is -0.776. The topological polar surface area (TPSA) is 122 Å². The Hall–Kier alpha value is -1.79. The lowest BCUT2D eigenvalue weighted by Gasteiger charge is -2.06. The molecule has 3 amide bonds. The summed E-state index contributed by atoms with van der Waals surface area (Å²) in [6, 6.07) is -0.318. The molecule has 0 rings (SSSR count). The van der Waals surface area contributed by atoms with E-state index in [0.29, 0.717) is 13.0 Å². The molecule has 0 atom stereocenters. The number of carbonyl (C=O) groups excluding carboxylic acids is 2. The van der Waals surface area contributed by atoms with Crippen LogP contribution in [0.3, 0.4) is 0 Å². The fourth-order valence-corrected chi connectivity index (χ4v) is 1.32. The SMILES string of the molecule is NC(=O)CCNC(=O)NCCCCCCC(=O)O. The molecule has 0 saturated heterocycles. The summed E-state index contributed by atoms with van der Waals surface area (Å²) < 4.78 is 0. The number of hydrogen-bond donors (Lipinski definition) is 4. The standard InChI is InChI=1S/C11H21N3O4/c12-9(15)6-8-14-11(18)13-7-4-2-1-3-5-10(16)17/h1-8H2,(H2,12,15)(H,16,17)(H2,13,14,18). The van der Waals surface area contributed by atoms with E-state index in [2.05, 4.69) is 10.6 Å². The molecule has 18 heavy (non-hydrogen) atoms. The van der Waals surface area contributed by atoms with Crippen LogP contribution in [0.2, 0.25) is 0 Å². The van der Waals surface area contributed by atoms with E-state index in [1.165, 1.54) is 0 Å². The molecule has 5 N–H and O–H groups in total. The minimum absolute atomic E-state index is 0.128. The largest absolute Gasteiger partial charge is 0.481 e. The van der Waals surface area contributed by atoms with Crippen molar-refractivity contribution in [2.75, 3.05) is 13.1 Å². The number of unbranched alkanes of at least 4 members (excludes halogenated alkanes) is 3. The number of nitrogens with one attached hydrogen (secondary N) is 2. The van der Waals surface area contributed by atoms with Crippen molar-refractivity contribution in [3.05, 3.63) is 0 Å². The Balaban J connectivity index is 3.25. The highest BCUT2D eigenvalue weighted by Gasteiger charge is 2.00. The first-order chi connectivity index (χ1) is 8.52. The molecule has 0 aromatic carbocycles. The normalized spacial score (nSPS) is 9.78. The van der Waals surface area contributed by atoms with E-state index >= 15 is 0 Å². The molecule has 0 aliphatic rings. The minimum Gasteiger partial charge on any atom is -0.481 e. The van der Waals surface area contributed by atoms with E-state index in [9.17, 15) is 14.4 Å². The van der Waals surface area contributed by atoms with Gasteiger partial charge in [-0.05, 0) is 12.8 Å². The Morgan fingerprint density at radius 3 is 2.11 bits per heavy atom. The number of carboxylic acids is 1. The highest BCUT2D eigenvalue weighted by molar-refractivity contribution is 5.76. The average molecular weight is 259 g/mol. The number of carboxylic acid groups (broad SMARTS) is 1. The van der Waals surface area contributed by atoms with Crippen molar-refractivity contribution in [3.8, 4) is 0 Å². The third-order valence-corrected chi connectivity index (χ3v) is 2.26. The number of carbonyl (C=O) groups is 3. The van der Waals surface area contributed by atoms with Gasteiger partial charge in [0, 0.05) is 25.9 Å². The first kappa shape index (κ1) is 16.2. The maximum absolute atomic E-state index is 11.2. The number of urea groups is 1. The monoisotopic (exact) mass is 259 g/mol. The molecule has 0 aliphatic heterocycles. The number of hydrogen-bond acceptors (Lipinski definition) is 3. The van der Waals surface area contributed by atoms with E-state index < -0.39 is 11.9 Å². The lowest BCUT2D eigenvalue weighted by molar-refractivity contribution is -0.137. The molecule has 104 valence electrons. The van der Waals surface area contributed by atoms with Crippen molar-refractivity contribution in [3.63, 3.8) is 0 Å². The van der Waals surface area contributed by atoms with Crippen LogP contribution in [0.15, 0.2) is 0 Å². The highest BCUT2D eigenvalue weighted by atomic mass is 16.4. The molecule has 7 nitrogen and oxygen atoms in total. The van der Waals surface area contributed by atoms with Gasteiger partial charge < -0.3 is 21.5 Å². The van der Waals surface area contributed by atoms with Gasteiger partial charge in [-0.2, -0.15) is 0 Å². The summed E-state index contributed by atoms with van der Waals surface area (Å²) >= 11 is 0. The third-order valence-electron chi connectivity index (χ3n) is 2.26. The van der Waals surface area contributed by atoms with Crippen LogP contribution in [-0.2, 0) is 9.59 Å². The summed E-state index contributed by atoms with van der Waals surface area (Å²) in [6.07, 6.45) is 3.53. The first-order valence-electron chi connectivity index (χ1n) is 6.04. The lowest BCUT2D eigenvalue weighted by atomic mass is 10.1. The van der Waals surface area contributed by atoms with Crippen molar-refractivity contribution in [2.45, 2.75) is 38.5 Å². The third kappa shape index (κ3) is 12.3. The Morgan fingerprint density at radius 2 is 1.50 bits per heavy atom. The van der Waals surface area contributed by atoms with Gasteiger partial charge in [0.15, 0.2) is 0 Å². The summed E-state index contributed by atoms with van der Waals surface area (Å²) in [4.78, 5) is 31.8. The highest BCUT2D eigenvalue weighted by Crippen LogP contribution is 2.01. The smallest absolute Gasteiger partial charge is 0.314 e. The van der Waals surface area contributed by atoms with Gasteiger partial charge in [0.1, 0.15) is 0 Å². The van der Waals surface area contributed by atoms with Crippen LogP contribution in [-0.4, -0.2) is 36.1 Å². The van der Waals surface area contributed by atoms with E-state index in [0.717, 1.165) is 19.3 Å². The van der Waals surface area contributed by atoms with Gasteiger partial charge in [-0.3, -0.25) is 9.59 Å². The van der Waals surface area contributed by atoms with Crippen molar-refractivity contribution < 1.29 is 19.5 Å². The zero-order valence-corrected chi connectivity index (χ0v) is 10.4. The lowest BCUT2D eigenvalue weighted by Crippen LogP contribution is -2.37. The van der Waals surface area contributed by atoms with Gasteiger partial charge >= 0.3 is 12.0 Å². The summed E-state index contributed by atoms with van der Waals surface area (Å²) in [7, 11) is 0. The molecular weight excluding hydrogens is 238 g/mol. The fourth-order valence-electron chi connectivity index (χ4n) is 1.32. The van der Waals surface area contributed by atoms with E-state index in [1.54, 1.807) is 0 Å². The zero-order valence-electron chi connectivity index (χ0n) is 10.4. The number of aliphatic carboxylic acids is 1. The summed E-state index contributed by atoms with van der Waals surface area (Å²) in [5.41, 5.74) is 4.92. The number of amides is 3. The molecule has 0 unspecified atom stereocenters. The van der Waals surface area contributed by atoms with Crippen molar-refractivity contribution in [1.82, 2.24) is 10.6 Å². The molecule has 7 heteroatoms. The molecular formula is C11H21N3O4. The molecule has 0 aliphatic carbocycles. The average Bonchev–Trinajstić information content (AvgIpc) is 2.26. The Kier molecular flexibility index (Phi) is 9.34. The van der Waals surface area contributed by atoms with Crippen LogP contribution < -0.4 is 16.4 Å². The Morgan fingerprint density at radius 1 is 0.889 bits per heavy atom. The van der Waals surface area contributed by atoms with Gasteiger partial charge in [0.25, 0.3) is 0 Å². The summed E-state index contributed by atoms with van der Waals surface area (Å²) in [5, 5.41) is 13.6. The number of primary amides is 1. The molecule has 0 heterocycles.